The number of nitrogens with zero attached hydrogens (tertiary/aromatic N) is 1. The molecule has 0 fully saturated rings. The first-order valence-corrected chi connectivity index (χ1v) is 7.13. The summed E-state index contributed by atoms with van der Waals surface area (Å²) in [7, 11) is 0. The Morgan fingerprint density at radius 1 is 1.43 bits per heavy atom. The highest BCUT2D eigenvalue weighted by atomic mass is 16.5. The van der Waals surface area contributed by atoms with E-state index in [0.29, 0.717) is 17.9 Å². The molecule has 1 heterocycles. The van der Waals surface area contributed by atoms with Crippen LogP contribution in [0, 0.1) is 0 Å². The number of ether oxygens (including phenoxy) is 2. The Morgan fingerprint density at radius 2 is 2.14 bits per heavy atom. The fraction of sp³-hybridized carbons (Fsp3) is 0.500. The average molecular weight is 291 g/mol. The van der Waals surface area contributed by atoms with Crippen molar-refractivity contribution in [2.24, 2.45) is 0 Å². The molecule has 0 radical (unpaired) electrons. The normalized spacial score (nSPS) is 17.2. The third kappa shape index (κ3) is 3.74. The van der Waals surface area contributed by atoms with Crippen LogP contribution in [0.15, 0.2) is 18.2 Å². The third-order valence-corrected chi connectivity index (χ3v) is 3.20. The van der Waals surface area contributed by atoms with Crippen molar-refractivity contribution in [1.29, 1.82) is 0 Å². The van der Waals surface area contributed by atoms with Crippen molar-refractivity contribution < 1.29 is 19.1 Å². The second kappa shape index (κ2) is 6.16. The van der Waals surface area contributed by atoms with Crippen molar-refractivity contribution in [2.75, 3.05) is 18.0 Å². The Kier molecular flexibility index (Phi) is 4.50. The predicted octanol–water partition coefficient (Wildman–Crippen LogP) is 2.43. The molecule has 0 aromatic heterocycles. The van der Waals surface area contributed by atoms with E-state index >= 15 is 0 Å². The van der Waals surface area contributed by atoms with E-state index in [4.69, 9.17) is 9.47 Å². The van der Waals surface area contributed by atoms with E-state index in [1.807, 2.05) is 25.7 Å². The van der Waals surface area contributed by atoms with Gasteiger partial charge in [0, 0.05) is 5.56 Å². The van der Waals surface area contributed by atoms with Gasteiger partial charge in [-0.05, 0) is 45.9 Å². The van der Waals surface area contributed by atoms with Gasteiger partial charge in [0.1, 0.15) is 18.4 Å². The number of carbonyl (C=O) groups excluding carboxylic acids is 2. The number of benzene rings is 1. The van der Waals surface area contributed by atoms with Gasteiger partial charge < -0.3 is 14.4 Å². The second-order valence-corrected chi connectivity index (χ2v) is 5.59. The van der Waals surface area contributed by atoms with Crippen LogP contribution in [0.5, 0.6) is 5.75 Å². The number of hydrogen-bond acceptors (Lipinski definition) is 5. The summed E-state index contributed by atoms with van der Waals surface area (Å²) in [6.45, 7) is 7.85. The quantitative estimate of drug-likeness (QED) is 0.630. The maximum absolute atomic E-state index is 11.9. The van der Waals surface area contributed by atoms with Gasteiger partial charge in [-0.15, -0.1) is 0 Å². The molecule has 0 bridgehead atoms. The Hall–Kier alpha value is -2.04. The smallest absolute Gasteiger partial charge is 0.325 e. The van der Waals surface area contributed by atoms with E-state index in [9.17, 15) is 9.59 Å². The van der Waals surface area contributed by atoms with Crippen molar-refractivity contribution in [2.45, 2.75) is 39.9 Å². The van der Waals surface area contributed by atoms with Crippen LogP contribution in [0.2, 0.25) is 0 Å². The maximum atomic E-state index is 11.9. The third-order valence-electron chi connectivity index (χ3n) is 3.20. The van der Waals surface area contributed by atoms with Gasteiger partial charge in [0.05, 0.1) is 18.3 Å². The number of Topliss-reactive ketones (excluding diaryl/α,β-unsaturated/α-hetero) is 1. The van der Waals surface area contributed by atoms with E-state index < -0.39 is 0 Å². The number of carbonyl (C=O) groups is 2. The Bertz CT molecular complexity index is 553. The van der Waals surface area contributed by atoms with E-state index in [1.54, 1.807) is 18.2 Å². The van der Waals surface area contributed by atoms with Gasteiger partial charge in [-0.2, -0.15) is 0 Å². The standard InChI is InChI=1S/C16H21NO4/c1-10(2)20-16(19)9-17-8-11(3)21-15-6-5-13(12(4)18)7-14(15)17/h5-7,10-11H,8-9H2,1-4H3. The lowest BCUT2D eigenvalue weighted by Gasteiger charge is -2.34. The molecule has 5 heteroatoms. The van der Waals surface area contributed by atoms with Crippen LogP contribution in [-0.2, 0) is 9.53 Å². The largest absolute Gasteiger partial charge is 0.487 e. The molecule has 2 rings (SSSR count). The first-order chi connectivity index (χ1) is 9.86. The zero-order valence-electron chi connectivity index (χ0n) is 12.9. The fourth-order valence-corrected chi connectivity index (χ4v) is 2.35. The minimum absolute atomic E-state index is 0.0128. The number of anilines is 1. The van der Waals surface area contributed by atoms with Crippen LogP contribution in [-0.4, -0.2) is 37.0 Å². The summed E-state index contributed by atoms with van der Waals surface area (Å²) in [5.41, 5.74) is 1.37. The highest BCUT2D eigenvalue weighted by Crippen LogP contribution is 2.34. The molecule has 1 aliphatic rings. The minimum Gasteiger partial charge on any atom is -0.487 e. The molecule has 1 atom stereocenters. The highest BCUT2D eigenvalue weighted by Gasteiger charge is 2.26. The summed E-state index contributed by atoms with van der Waals surface area (Å²) in [6.07, 6.45) is -0.161. The lowest BCUT2D eigenvalue weighted by molar-refractivity contribution is -0.145. The van der Waals surface area contributed by atoms with Gasteiger partial charge in [-0.3, -0.25) is 9.59 Å². The number of esters is 1. The van der Waals surface area contributed by atoms with Crippen LogP contribution < -0.4 is 9.64 Å². The van der Waals surface area contributed by atoms with E-state index in [2.05, 4.69) is 0 Å². The van der Waals surface area contributed by atoms with Gasteiger partial charge in [-0.1, -0.05) is 0 Å². The van der Waals surface area contributed by atoms with Gasteiger partial charge >= 0.3 is 5.97 Å². The molecular weight excluding hydrogens is 270 g/mol. The topological polar surface area (TPSA) is 55.8 Å². The second-order valence-electron chi connectivity index (χ2n) is 5.59. The first kappa shape index (κ1) is 15.4. The van der Waals surface area contributed by atoms with Gasteiger partial charge in [0.25, 0.3) is 0 Å². The van der Waals surface area contributed by atoms with E-state index in [-0.39, 0.29) is 30.5 Å². The summed E-state index contributed by atoms with van der Waals surface area (Å²) in [4.78, 5) is 25.3. The van der Waals surface area contributed by atoms with Crippen LogP contribution in [0.25, 0.3) is 0 Å². The van der Waals surface area contributed by atoms with Gasteiger partial charge in [0.15, 0.2) is 5.78 Å². The molecule has 1 aliphatic heterocycles. The van der Waals surface area contributed by atoms with Gasteiger partial charge in [-0.25, -0.2) is 0 Å². The van der Waals surface area contributed by atoms with Crippen molar-refractivity contribution in [3.63, 3.8) is 0 Å². The number of hydrogen-bond donors (Lipinski definition) is 0. The van der Waals surface area contributed by atoms with E-state index in [1.165, 1.54) is 6.92 Å². The molecule has 1 aromatic rings. The lowest BCUT2D eigenvalue weighted by atomic mass is 10.1. The summed E-state index contributed by atoms with van der Waals surface area (Å²) in [5.74, 6) is 0.399. The monoisotopic (exact) mass is 291 g/mol. The Labute approximate surface area is 124 Å². The summed E-state index contributed by atoms with van der Waals surface area (Å²) >= 11 is 0. The zero-order chi connectivity index (χ0) is 15.6. The lowest BCUT2D eigenvalue weighted by Crippen LogP contribution is -2.42. The van der Waals surface area contributed by atoms with Crippen LogP contribution >= 0.6 is 0 Å². The number of fused-ring (bicyclic) bond motifs is 1. The Morgan fingerprint density at radius 3 is 2.76 bits per heavy atom. The average Bonchev–Trinajstić information content (AvgIpc) is 2.36. The molecule has 0 saturated carbocycles. The molecule has 0 amide bonds. The van der Waals surface area contributed by atoms with Crippen LogP contribution in [0.3, 0.4) is 0 Å². The van der Waals surface area contributed by atoms with Crippen molar-refractivity contribution in [3.05, 3.63) is 23.8 Å². The minimum atomic E-state index is -0.279. The predicted molar refractivity (Wildman–Crippen MR) is 80.0 cm³/mol. The zero-order valence-corrected chi connectivity index (χ0v) is 12.9. The number of ketones is 1. The SMILES string of the molecule is CC(=O)c1ccc2c(c1)N(CC(=O)OC(C)C)CC(C)O2. The van der Waals surface area contributed by atoms with Crippen LogP contribution in [0.1, 0.15) is 38.1 Å². The summed E-state index contributed by atoms with van der Waals surface area (Å²) < 4.78 is 10.9. The molecule has 1 aromatic carbocycles. The molecule has 21 heavy (non-hydrogen) atoms. The van der Waals surface area contributed by atoms with Crippen LogP contribution in [0.4, 0.5) is 5.69 Å². The molecule has 0 saturated heterocycles. The molecule has 0 spiro atoms. The molecule has 0 aliphatic carbocycles. The highest BCUT2D eigenvalue weighted by molar-refractivity contribution is 5.95. The summed E-state index contributed by atoms with van der Waals surface area (Å²) in [6, 6.07) is 5.29. The van der Waals surface area contributed by atoms with Gasteiger partial charge in [0.2, 0.25) is 0 Å². The van der Waals surface area contributed by atoms with Crippen molar-refractivity contribution in [3.8, 4) is 5.75 Å². The fourth-order valence-electron chi connectivity index (χ4n) is 2.35. The molecular formula is C16H21NO4. The van der Waals surface area contributed by atoms with Crippen molar-refractivity contribution >= 4 is 17.4 Å². The maximum Gasteiger partial charge on any atom is 0.325 e. The first-order valence-electron chi connectivity index (χ1n) is 7.13. The molecule has 1 unspecified atom stereocenters. The van der Waals surface area contributed by atoms with Crippen molar-refractivity contribution in [1.82, 2.24) is 0 Å². The number of rotatable bonds is 4. The van der Waals surface area contributed by atoms with E-state index in [0.717, 1.165) is 5.69 Å². The molecule has 114 valence electrons. The summed E-state index contributed by atoms with van der Waals surface area (Å²) in [5, 5.41) is 0. The molecule has 5 nitrogen and oxygen atoms in total. The molecule has 0 N–H and O–H groups in total. The Balaban J connectivity index is 2.25.